The molecule has 3 rings (SSSR count). The van der Waals surface area contributed by atoms with Crippen LogP contribution in [-0.4, -0.2) is 58.8 Å². The van der Waals surface area contributed by atoms with Gasteiger partial charge in [-0.1, -0.05) is 13.0 Å². The molecule has 7 nitrogen and oxygen atoms in total. The molecule has 2 aliphatic heterocycles. The Bertz CT molecular complexity index is 736. The van der Waals surface area contributed by atoms with Crippen LogP contribution < -0.4 is 5.32 Å². The number of phenolic OH excluding ortho intramolecular Hbond substituents is 1. The monoisotopic (exact) mass is 373 g/mol. The summed E-state index contributed by atoms with van der Waals surface area (Å²) in [5, 5.41) is 12.1. The summed E-state index contributed by atoms with van der Waals surface area (Å²) < 4.78 is 0. The molecule has 0 aliphatic carbocycles. The smallest absolute Gasteiger partial charge is 0.230 e. The maximum Gasteiger partial charge on any atom is 0.230 e. The second kappa shape index (κ2) is 7.98. The number of rotatable bonds is 6. The number of nitrogens with one attached hydrogen (secondary N) is 1. The lowest BCUT2D eigenvalue weighted by molar-refractivity contribution is -0.137. The van der Waals surface area contributed by atoms with Gasteiger partial charge in [-0.2, -0.15) is 0 Å². The third-order valence-electron chi connectivity index (χ3n) is 5.50. The summed E-state index contributed by atoms with van der Waals surface area (Å²) in [6.45, 7) is 4.67. The Hall–Kier alpha value is -2.57. The summed E-state index contributed by atoms with van der Waals surface area (Å²) >= 11 is 0. The number of phenols is 1. The van der Waals surface area contributed by atoms with Crippen molar-refractivity contribution in [1.82, 2.24) is 9.80 Å². The molecule has 2 heterocycles. The molecule has 2 saturated heterocycles. The van der Waals surface area contributed by atoms with E-state index in [1.54, 1.807) is 17.0 Å². The first kappa shape index (κ1) is 19.2. The largest absolute Gasteiger partial charge is 0.508 e. The number of benzene rings is 1. The van der Waals surface area contributed by atoms with Crippen LogP contribution in [0.25, 0.3) is 0 Å². The number of carbonyl (C=O) groups is 3. The zero-order valence-electron chi connectivity index (χ0n) is 15.7. The highest BCUT2D eigenvalue weighted by atomic mass is 16.3. The second-order valence-electron chi connectivity index (χ2n) is 7.49. The van der Waals surface area contributed by atoms with E-state index in [-0.39, 0.29) is 36.3 Å². The molecule has 1 aromatic rings. The molecular weight excluding hydrogens is 346 g/mol. The Morgan fingerprint density at radius 3 is 2.74 bits per heavy atom. The molecule has 3 amide bonds. The van der Waals surface area contributed by atoms with Crippen LogP contribution in [0.3, 0.4) is 0 Å². The highest BCUT2D eigenvalue weighted by Crippen LogP contribution is 2.40. The van der Waals surface area contributed by atoms with Crippen LogP contribution >= 0.6 is 0 Å². The van der Waals surface area contributed by atoms with Crippen LogP contribution in [0.4, 0.5) is 5.69 Å². The molecule has 146 valence electrons. The minimum absolute atomic E-state index is 0.0737. The Kier molecular flexibility index (Phi) is 5.68. The predicted octanol–water partition coefficient (Wildman–Crippen LogP) is 1.97. The Morgan fingerprint density at radius 1 is 1.22 bits per heavy atom. The zero-order chi connectivity index (χ0) is 19.4. The topological polar surface area (TPSA) is 90.0 Å². The number of amides is 3. The van der Waals surface area contributed by atoms with Crippen molar-refractivity contribution in [1.29, 1.82) is 0 Å². The lowest BCUT2D eigenvalue weighted by atomic mass is 9.85. The van der Waals surface area contributed by atoms with E-state index in [9.17, 15) is 19.5 Å². The van der Waals surface area contributed by atoms with Gasteiger partial charge in [-0.25, -0.2) is 0 Å². The molecule has 1 spiro atoms. The van der Waals surface area contributed by atoms with Crippen molar-refractivity contribution in [2.24, 2.45) is 5.41 Å². The second-order valence-corrected chi connectivity index (χ2v) is 7.49. The predicted molar refractivity (Wildman–Crippen MR) is 101 cm³/mol. The van der Waals surface area contributed by atoms with E-state index in [1.807, 2.05) is 4.90 Å². The van der Waals surface area contributed by atoms with Crippen molar-refractivity contribution in [3.8, 4) is 5.75 Å². The molecule has 27 heavy (non-hydrogen) atoms. The van der Waals surface area contributed by atoms with E-state index in [0.717, 1.165) is 25.9 Å². The van der Waals surface area contributed by atoms with E-state index >= 15 is 0 Å². The summed E-state index contributed by atoms with van der Waals surface area (Å²) in [5.41, 5.74) is 0.0921. The number of carbonyl (C=O) groups excluding carboxylic acids is 3. The average molecular weight is 373 g/mol. The van der Waals surface area contributed by atoms with Crippen molar-refractivity contribution >= 4 is 23.4 Å². The van der Waals surface area contributed by atoms with Crippen LogP contribution in [0.2, 0.25) is 0 Å². The van der Waals surface area contributed by atoms with Gasteiger partial charge >= 0.3 is 0 Å². The first-order valence-electron chi connectivity index (χ1n) is 9.59. The number of likely N-dealkylation sites (tertiary alicyclic amines) is 2. The van der Waals surface area contributed by atoms with Gasteiger partial charge in [0.25, 0.3) is 0 Å². The van der Waals surface area contributed by atoms with Gasteiger partial charge < -0.3 is 20.2 Å². The van der Waals surface area contributed by atoms with Gasteiger partial charge in [-0.15, -0.1) is 0 Å². The summed E-state index contributed by atoms with van der Waals surface area (Å²) in [7, 11) is 0. The molecule has 2 N–H and O–H groups in total. The quantitative estimate of drug-likeness (QED) is 0.798. The first-order valence-corrected chi connectivity index (χ1v) is 9.59. The molecular formula is C20H27N3O4. The minimum atomic E-state index is -0.408. The van der Waals surface area contributed by atoms with E-state index in [1.165, 1.54) is 12.1 Å². The summed E-state index contributed by atoms with van der Waals surface area (Å²) in [6, 6.07) is 6.30. The molecule has 2 fully saturated rings. The van der Waals surface area contributed by atoms with Gasteiger partial charge in [0.05, 0.1) is 5.41 Å². The van der Waals surface area contributed by atoms with Gasteiger partial charge in [0.15, 0.2) is 0 Å². The molecule has 0 aromatic heterocycles. The lowest BCUT2D eigenvalue weighted by Gasteiger charge is -2.23. The lowest BCUT2D eigenvalue weighted by Crippen LogP contribution is -2.38. The highest BCUT2D eigenvalue weighted by Gasteiger charge is 2.51. The fourth-order valence-corrected chi connectivity index (χ4v) is 4.03. The molecule has 0 saturated carbocycles. The number of hydrogen-bond acceptors (Lipinski definition) is 4. The summed E-state index contributed by atoms with van der Waals surface area (Å²) in [5.74, 6) is -0.0977. The number of nitrogens with zero attached hydrogens (tertiary/aromatic N) is 2. The molecule has 2 aliphatic rings. The maximum atomic E-state index is 12.7. The van der Waals surface area contributed by atoms with Crippen molar-refractivity contribution in [3.63, 3.8) is 0 Å². The van der Waals surface area contributed by atoms with Crippen molar-refractivity contribution in [2.75, 3.05) is 31.5 Å². The molecule has 1 unspecified atom stereocenters. The zero-order valence-corrected chi connectivity index (χ0v) is 15.7. The number of anilines is 1. The molecule has 0 radical (unpaired) electrons. The van der Waals surface area contributed by atoms with Gasteiger partial charge in [-0.05, 0) is 31.4 Å². The van der Waals surface area contributed by atoms with E-state index < -0.39 is 5.41 Å². The molecule has 0 bridgehead atoms. The fourth-order valence-electron chi connectivity index (χ4n) is 4.03. The van der Waals surface area contributed by atoms with Crippen LogP contribution in [0, 0.1) is 5.41 Å². The molecule has 1 atom stereocenters. The highest BCUT2D eigenvalue weighted by molar-refractivity contribution is 5.93. The third-order valence-corrected chi connectivity index (χ3v) is 5.50. The van der Waals surface area contributed by atoms with Gasteiger partial charge in [0.1, 0.15) is 5.75 Å². The average Bonchev–Trinajstić information content (AvgIpc) is 3.20. The van der Waals surface area contributed by atoms with Crippen molar-refractivity contribution in [3.05, 3.63) is 24.3 Å². The first-order chi connectivity index (χ1) is 12.9. The standard InChI is InChI=1S/C20H27N3O4/c1-2-10-22-11-8-20(19(22)27)9-12-23(14-20)18(26)7-6-17(25)21-15-4-3-5-16(24)13-15/h3-5,13,24H,2,6-12,14H2,1H3,(H,21,25). The van der Waals surface area contributed by atoms with Gasteiger partial charge in [0.2, 0.25) is 17.7 Å². The maximum absolute atomic E-state index is 12.7. The van der Waals surface area contributed by atoms with Gasteiger partial charge in [-0.3, -0.25) is 14.4 Å². The Morgan fingerprint density at radius 2 is 2.00 bits per heavy atom. The van der Waals surface area contributed by atoms with Crippen LogP contribution in [0.5, 0.6) is 5.75 Å². The minimum Gasteiger partial charge on any atom is -0.508 e. The summed E-state index contributed by atoms with van der Waals surface area (Å²) in [6.07, 6.45) is 2.67. The number of hydrogen-bond donors (Lipinski definition) is 2. The molecule has 1 aromatic carbocycles. The molecule has 7 heteroatoms. The van der Waals surface area contributed by atoms with Crippen LogP contribution in [0.15, 0.2) is 24.3 Å². The Balaban J connectivity index is 1.48. The van der Waals surface area contributed by atoms with E-state index in [4.69, 9.17) is 0 Å². The third kappa shape index (κ3) is 4.23. The number of aromatic hydroxyl groups is 1. The SMILES string of the molecule is CCCN1CCC2(CCN(C(=O)CCC(=O)Nc3cccc(O)c3)C2)C1=O. The normalized spacial score (nSPS) is 21.9. The van der Waals surface area contributed by atoms with Crippen molar-refractivity contribution < 1.29 is 19.5 Å². The Labute approximate surface area is 159 Å². The fraction of sp³-hybridized carbons (Fsp3) is 0.550. The van der Waals surface area contributed by atoms with Crippen LogP contribution in [0.1, 0.15) is 39.0 Å². The van der Waals surface area contributed by atoms with E-state index in [0.29, 0.717) is 25.2 Å². The van der Waals surface area contributed by atoms with Gasteiger partial charge in [0, 0.05) is 50.8 Å². The van der Waals surface area contributed by atoms with Crippen LogP contribution in [-0.2, 0) is 14.4 Å². The summed E-state index contributed by atoms with van der Waals surface area (Å²) in [4.78, 5) is 40.9. The van der Waals surface area contributed by atoms with Crippen molar-refractivity contribution in [2.45, 2.75) is 39.0 Å². The van der Waals surface area contributed by atoms with E-state index in [2.05, 4.69) is 12.2 Å².